The Kier molecular flexibility index (Phi) is 9.84. The van der Waals surface area contributed by atoms with Crippen molar-refractivity contribution in [2.75, 3.05) is 26.2 Å². The van der Waals surface area contributed by atoms with E-state index in [0.717, 1.165) is 62.7 Å². The van der Waals surface area contributed by atoms with Crippen molar-refractivity contribution in [2.24, 2.45) is 4.99 Å². The lowest BCUT2D eigenvalue weighted by Gasteiger charge is -2.34. The van der Waals surface area contributed by atoms with Crippen LogP contribution in [0.3, 0.4) is 0 Å². The summed E-state index contributed by atoms with van der Waals surface area (Å²) < 4.78 is 6.09. The van der Waals surface area contributed by atoms with Gasteiger partial charge in [0.25, 0.3) is 0 Å². The van der Waals surface area contributed by atoms with E-state index in [2.05, 4.69) is 22.1 Å². The molecule has 2 heterocycles. The third-order valence-corrected chi connectivity index (χ3v) is 4.80. The summed E-state index contributed by atoms with van der Waals surface area (Å²) in [6, 6.07) is 13.9. The molecule has 0 spiro atoms. The molecule has 1 aromatic heterocycles. The van der Waals surface area contributed by atoms with Crippen LogP contribution in [0.4, 0.5) is 0 Å². The average Bonchev–Trinajstić information content (AvgIpc) is 2.70. The molecule has 1 aliphatic heterocycles. The van der Waals surface area contributed by atoms with Crippen LogP contribution in [0.2, 0.25) is 5.15 Å². The van der Waals surface area contributed by atoms with Gasteiger partial charge in [-0.05, 0) is 37.1 Å². The van der Waals surface area contributed by atoms with Gasteiger partial charge in [-0.3, -0.25) is 4.99 Å². The van der Waals surface area contributed by atoms with Gasteiger partial charge in [-0.25, -0.2) is 4.98 Å². The number of pyridine rings is 1. The first-order valence-electron chi connectivity index (χ1n) is 9.60. The van der Waals surface area contributed by atoms with Crippen molar-refractivity contribution in [3.8, 4) is 5.75 Å². The molecular formula is C21H28ClIN4O. The standard InChI is InChI=1S/C21H27ClN4O.HI/c1-2-23-21(24-13-10-17-8-9-20(22)25-16-17)26-14-11-19(12-15-26)27-18-6-4-3-5-7-18;/h3-9,16,19H,2,10-15H2,1H3,(H,23,24);1H. The number of nitrogens with one attached hydrogen (secondary N) is 1. The first kappa shape index (κ1) is 22.7. The Bertz CT molecular complexity index is 719. The van der Waals surface area contributed by atoms with Gasteiger partial charge in [-0.15, -0.1) is 24.0 Å². The largest absolute Gasteiger partial charge is 0.490 e. The van der Waals surface area contributed by atoms with Gasteiger partial charge in [0, 0.05) is 45.2 Å². The van der Waals surface area contributed by atoms with Crippen LogP contribution in [0.15, 0.2) is 53.7 Å². The zero-order valence-corrected chi connectivity index (χ0v) is 19.3. The lowest BCUT2D eigenvalue weighted by Crippen LogP contribution is -2.47. The molecule has 0 bridgehead atoms. The number of hydrogen-bond donors (Lipinski definition) is 1. The summed E-state index contributed by atoms with van der Waals surface area (Å²) in [6.45, 7) is 5.59. The predicted molar refractivity (Wildman–Crippen MR) is 126 cm³/mol. The van der Waals surface area contributed by atoms with Crippen molar-refractivity contribution in [3.05, 3.63) is 59.4 Å². The number of para-hydroxylation sites is 1. The fraction of sp³-hybridized carbons (Fsp3) is 0.429. The Morgan fingerprint density at radius 1 is 1.21 bits per heavy atom. The fourth-order valence-electron chi connectivity index (χ4n) is 3.15. The number of rotatable bonds is 6. The van der Waals surface area contributed by atoms with Gasteiger partial charge in [-0.1, -0.05) is 35.9 Å². The number of ether oxygens (including phenoxy) is 1. The van der Waals surface area contributed by atoms with Crippen molar-refractivity contribution in [1.82, 2.24) is 15.2 Å². The van der Waals surface area contributed by atoms with Crippen LogP contribution in [-0.2, 0) is 6.42 Å². The van der Waals surface area contributed by atoms with Crippen LogP contribution < -0.4 is 10.1 Å². The summed E-state index contributed by atoms with van der Waals surface area (Å²) in [5, 5.41) is 3.93. The van der Waals surface area contributed by atoms with Crippen LogP contribution in [0.1, 0.15) is 25.3 Å². The van der Waals surface area contributed by atoms with Crippen molar-refractivity contribution >= 4 is 41.5 Å². The number of guanidine groups is 1. The summed E-state index contributed by atoms with van der Waals surface area (Å²) >= 11 is 5.84. The van der Waals surface area contributed by atoms with E-state index in [0.29, 0.717) is 5.15 Å². The van der Waals surface area contributed by atoms with E-state index in [4.69, 9.17) is 21.3 Å². The molecule has 1 N–H and O–H groups in total. The topological polar surface area (TPSA) is 49.8 Å². The van der Waals surface area contributed by atoms with Crippen LogP contribution >= 0.6 is 35.6 Å². The van der Waals surface area contributed by atoms with Crippen LogP contribution in [0, 0.1) is 0 Å². The molecule has 28 heavy (non-hydrogen) atoms. The van der Waals surface area contributed by atoms with E-state index in [1.807, 2.05) is 48.7 Å². The van der Waals surface area contributed by atoms with Crippen molar-refractivity contribution in [2.45, 2.75) is 32.3 Å². The minimum Gasteiger partial charge on any atom is -0.490 e. The molecule has 3 rings (SSSR count). The molecular weight excluding hydrogens is 487 g/mol. The van der Waals surface area contributed by atoms with Crippen LogP contribution in [0.25, 0.3) is 0 Å². The number of halogens is 2. The first-order valence-corrected chi connectivity index (χ1v) is 9.98. The molecule has 0 atom stereocenters. The maximum Gasteiger partial charge on any atom is 0.193 e. The quantitative estimate of drug-likeness (QED) is 0.269. The average molecular weight is 515 g/mol. The molecule has 0 unspecified atom stereocenters. The third-order valence-electron chi connectivity index (χ3n) is 4.57. The second-order valence-electron chi connectivity index (χ2n) is 6.59. The zero-order chi connectivity index (χ0) is 18.9. The molecule has 1 aromatic carbocycles. The normalized spacial score (nSPS) is 15.1. The smallest absolute Gasteiger partial charge is 0.193 e. The molecule has 5 nitrogen and oxygen atoms in total. The van der Waals surface area contributed by atoms with Gasteiger partial charge >= 0.3 is 0 Å². The number of aliphatic imine (C=N–C) groups is 1. The van der Waals surface area contributed by atoms with E-state index < -0.39 is 0 Å². The third kappa shape index (κ3) is 7.13. The number of hydrogen-bond acceptors (Lipinski definition) is 3. The molecule has 0 amide bonds. The molecule has 2 aromatic rings. The number of nitrogens with zero attached hydrogens (tertiary/aromatic N) is 3. The molecule has 7 heteroatoms. The number of piperidine rings is 1. The van der Waals surface area contributed by atoms with Gasteiger partial charge in [0.1, 0.15) is 17.0 Å². The van der Waals surface area contributed by atoms with Gasteiger partial charge in [-0.2, -0.15) is 0 Å². The summed E-state index contributed by atoms with van der Waals surface area (Å²) in [7, 11) is 0. The van der Waals surface area contributed by atoms with E-state index in [9.17, 15) is 0 Å². The summed E-state index contributed by atoms with van der Waals surface area (Å²) in [5.74, 6) is 1.94. The molecule has 1 saturated heterocycles. The Hall–Kier alpha value is -1.54. The summed E-state index contributed by atoms with van der Waals surface area (Å²) in [5.41, 5.74) is 1.15. The molecule has 1 fully saturated rings. The second kappa shape index (κ2) is 12.1. The SMILES string of the molecule is CCNC(=NCCc1ccc(Cl)nc1)N1CCC(Oc2ccccc2)CC1.I. The summed E-state index contributed by atoms with van der Waals surface area (Å²) in [6.07, 6.45) is 4.94. The molecule has 0 aliphatic carbocycles. The lowest BCUT2D eigenvalue weighted by atomic mass is 10.1. The van der Waals surface area contributed by atoms with E-state index >= 15 is 0 Å². The highest BCUT2D eigenvalue weighted by Gasteiger charge is 2.22. The van der Waals surface area contributed by atoms with Gasteiger partial charge in [0.15, 0.2) is 5.96 Å². The minimum atomic E-state index is 0. The monoisotopic (exact) mass is 514 g/mol. The second-order valence-corrected chi connectivity index (χ2v) is 6.98. The lowest BCUT2D eigenvalue weighted by molar-refractivity contribution is 0.129. The van der Waals surface area contributed by atoms with Crippen molar-refractivity contribution in [1.29, 1.82) is 0 Å². The number of likely N-dealkylation sites (tertiary alicyclic amines) is 1. The van der Waals surface area contributed by atoms with Crippen molar-refractivity contribution in [3.63, 3.8) is 0 Å². The van der Waals surface area contributed by atoms with Crippen LogP contribution in [0.5, 0.6) is 5.75 Å². The fourth-order valence-corrected chi connectivity index (χ4v) is 3.26. The molecule has 1 aliphatic rings. The molecule has 152 valence electrons. The molecule has 0 saturated carbocycles. The number of aromatic nitrogens is 1. The zero-order valence-electron chi connectivity index (χ0n) is 16.2. The van der Waals surface area contributed by atoms with E-state index in [-0.39, 0.29) is 30.1 Å². The summed E-state index contributed by atoms with van der Waals surface area (Å²) in [4.78, 5) is 11.2. The highest BCUT2D eigenvalue weighted by molar-refractivity contribution is 14.0. The highest BCUT2D eigenvalue weighted by atomic mass is 127. The highest BCUT2D eigenvalue weighted by Crippen LogP contribution is 2.18. The maximum absolute atomic E-state index is 6.09. The van der Waals surface area contributed by atoms with E-state index in [1.165, 1.54) is 0 Å². The van der Waals surface area contributed by atoms with Gasteiger partial charge < -0.3 is 15.0 Å². The predicted octanol–water partition coefficient (Wildman–Crippen LogP) is 4.40. The van der Waals surface area contributed by atoms with Crippen LogP contribution in [-0.4, -0.2) is 48.1 Å². The molecule has 0 radical (unpaired) electrons. The Balaban J connectivity index is 0.00000280. The van der Waals surface area contributed by atoms with E-state index in [1.54, 1.807) is 0 Å². The maximum atomic E-state index is 6.09. The van der Waals surface area contributed by atoms with Gasteiger partial charge in [0.05, 0.1) is 0 Å². The Labute approximate surface area is 189 Å². The Morgan fingerprint density at radius 3 is 2.61 bits per heavy atom. The van der Waals surface area contributed by atoms with Crippen molar-refractivity contribution < 1.29 is 4.74 Å². The van der Waals surface area contributed by atoms with Gasteiger partial charge in [0.2, 0.25) is 0 Å². The first-order chi connectivity index (χ1) is 13.2. The number of benzene rings is 1. The Morgan fingerprint density at radius 2 is 1.96 bits per heavy atom. The minimum absolute atomic E-state index is 0.